The maximum Gasteiger partial charge on any atom is 0.410 e. The molecule has 7 nitrogen and oxygen atoms in total. The molecular formula is C18H23N3O4. The smallest absolute Gasteiger partial charge is 0.410 e. The third-order valence-electron chi connectivity index (χ3n) is 3.78. The van der Waals surface area contributed by atoms with E-state index in [4.69, 9.17) is 14.2 Å². The van der Waals surface area contributed by atoms with E-state index in [9.17, 15) is 4.79 Å². The second-order valence-corrected chi connectivity index (χ2v) is 6.98. The molecule has 2 heterocycles. The van der Waals surface area contributed by atoms with Crippen molar-refractivity contribution in [3.05, 3.63) is 24.3 Å². The maximum atomic E-state index is 12.2. The number of ether oxygens (including phenoxy) is 3. The highest BCUT2D eigenvalue weighted by atomic mass is 16.6. The summed E-state index contributed by atoms with van der Waals surface area (Å²) in [5.41, 5.74) is 0.970. The van der Waals surface area contributed by atoms with Gasteiger partial charge in [0, 0.05) is 13.0 Å². The number of hydrogen-bond acceptors (Lipinski definition) is 6. The Morgan fingerprint density at radius 2 is 1.80 bits per heavy atom. The molecule has 7 heteroatoms. The molecule has 0 saturated carbocycles. The Kier molecular flexibility index (Phi) is 4.65. The first-order valence-electron chi connectivity index (χ1n) is 8.31. The Balaban J connectivity index is 1.71. The van der Waals surface area contributed by atoms with Gasteiger partial charge in [-0.2, -0.15) is 0 Å². The van der Waals surface area contributed by atoms with Gasteiger partial charge in [0.25, 0.3) is 11.8 Å². The van der Waals surface area contributed by atoms with Crippen molar-refractivity contribution >= 4 is 17.1 Å². The Labute approximate surface area is 146 Å². The van der Waals surface area contributed by atoms with Crippen molar-refractivity contribution in [1.82, 2.24) is 14.9 Å². The highest BCUT2D eigenvalue weighted by molar-refractivity contribution is 5.75. The first-order valence-corrected chi connectivity index (χ1v) is 8.31. The molecule has 1 aliphatic heterocycles. The molecular weight excluding hydrogens is 322 g/mol. The number of methoxy groups -OCH3 is 1. The molecule has 1 atom stereocenters. The van der Waals surface area contributed by atoms with Gasteiger partial charge in [-0.3, -0.25) is 0 Å². The number of rotatable bonds is 3. The molecule has 2 aromatic rings. The predicted molar refractivity (Wildman–Crippen MR) is 92.9 cm³/mol. The lowest BCUT2D eigenvalue weighted by Crippen LogP contribution is -2.36. The molecule has 1 aromatic carbocycles. The van der Waals surface area contributed by atoms with Crippen LogP contribution in [0.2, 0.25) is 0 Å². The van der Waals surface area contributed by atoms with Crippen molar-refractivity contribution in [3.63, 3.8) is 0 Å². The van der Waals surface area contributed by atoms with Crippen LogP contribution in [-0.2, 0) is 4.74 Å². The van der Waals surface area contributed by atoms with Crippen LogP contribution in [0.25, 0.3) is 11.0 Å². The lowest BCUT2D eigenvalue weighted by atomic mass is 10.2. The molecule has 1 saturated heterocycles. The van der Waals surface area contributed by atoms with Crippen LogP contribution in [0, 0.1) is 0 Å². The summed E-state index contributed by atoms with van der Waals surface area (Å²) in [5.74, 6) is 0.687. The summed E-state index contributed by atoms with van der Waals surface area (Å²) in [4.78, 5) is 22.7. The van der Waals surface area contributed by atoms with Crippen molar-refractivity contribution in [2.45, 2.75) is 38.9 Å². The number of likely N-dealkylation sites (tertiary alicyclic amines) is 1. The fourth-order valence-corrected chi connectivity index (χ4v) is 2.65. The van der Waals surface area contributed by atoms with Gasteiger partial charge in [0.15, 0.2) is 0 Å². The molecule has 25 heavy (non-hydrogen) atoms. The molecule has 1 aromatic heterocycles. The second kappa shape index (κ2) is 6.74. The molecule has 0 aliphatic carbocycles. The normalized spacial score (nSPS) is 17.6. The monoisotopic (exact) mass is 345 g/mol. The summed E-state index contributed by atoms with van der Waals surface area (Å²) in [6.45, 7) is 6.59. The molecule has 0 unspecified atom stereocenters. The Morgan fingerprint density at radius 1 is 1.16 bits per heavy atom. The van der Waals surface area contributed by atoms with Gasteiger partial charge in [-0.25, -0.2) is 14.8 Å². The largest absolute Gasteiger partial charge is 0.477 e. The highest BCUT2D eigenvalue weighted by Gasteiger charge is 2.31. The fourth-order valence-electron chi connectivity index (χ4n) is 2.65. The van der Waals surface area contributed by atoms with E-state index in [1.165, 1.54) is 7.11 Å². The van der Waals surface area contributed by atoms with Crippen LogP contribution in [0.3, 0.4) is 0 Å². The van der Waals surface area contributed by atoms with Crippen LogP contribution in [0.5, 0.6) is 11.8 Å². The molecule has 3 rings (SSSR count). The molecule has 0 N–H and O–H groups in total. The van der Waals surface area contributed by atoms with Crippen LogP contribution in [0.1, 0.15) is 27.2 Å². The zero-order chi connectivity index (χ0) is 18.0. The quantitative estimate of drug-likeness (QED) is 0.851. The Bertz CT molecular complexity index is 772. The number of carbonyl (C=O) groups is 1. The van der Waals surface area contributed by atoms with Gasteiger partial charge in [0.05, 0.1) is 24.7 Å². The first kappa shape index (κ1) is 17.3. The lowest BCUT2D eigenvalue weighted by molar-refractivity contribution is 0.0274. The van der Waals surface area contributed by atoms with Gasteiger partial charge in [-0.15, -0.1) is 0 Å². The molecule has 1 amide bonds. The number of fused-ring (bicyclic) bond motifs is 1. The van der Waals surface area contributed by atoms with Crippen molar-refractivity contribution in [1.29, 1.82) is 0 Å². The van der Waals surface area contributed by atoms with Crippen LogP contribution in [0.15, 0.2) is 24.3 Å². The number of benzene rings is 1. The molecule has 1 fully saturated rings. The molecule has 0 bridgehead atoms. The van der Waals surface area contributed by atoms with Gasteiger partial charge >= 0.3 is 6.09 Å². The molecule has 0 spiro atoms. The number of hydrogen-bond donors (Lipinski definition) is 0. The number of carbonyl (C=O) groups excluding carboxylic acids is 1. The van der Waals surface area contributed by atoms with E-state index in [-0.39, 0.29) is 12.2 Å². The van der Waals surface area contributed by atoms with Crippen LogP contribution >= 0.6 is 0 Å². The van der Waals surface area contributed by atoms with Crippen LogP contribution in [-0.4, -0.2) is 52.9 Å². The SMILES string of the molecule is COc1nc2ccccc2nc1O[C@H]1CCN(C(=O)OC(C)(C)C)C1. The minimum Gasteiger partial charge on any atom is -0.477 e. The number of nitrogens with zero attached hydrogens (tertiary/aromatic N) is 3. The van der Waals surface area contributed by atoms with E-state index in [0.29, 0.717) is 31.3 Å². The standard InChI is InChI=1S/C18H23N3O4/c1-18(2,3)25-17(22)21-10-9-12(11-21)24-16-15(23-4)19-13-7-5-6-8-14(13)20-16/h5-8,12H,9-11H2,1-4H3/t12-/m0/s1. The van der Waals surface area contributed by atoms with E-state index < -0.39 is 5.60 Å². The third kappa shape index (κ3) is 4.10. The first-order chi connectivity index (χ1) is 11.9. The fraction of sp³-hybridized carbons (Fsp3) is 0.500. The summed E-state index contributed by atoms with van der Waals surface area (Å²) in [7, 11) is 1.54. The number of para-hydroxylation sites is 2. The topological polar surface area (TPSA) is 73.8 Å². The van der Waals surface area contributed by atoms with Crippen molar-refractivity contribution in [3.8, 4) is 11.8 Å². The highest BCUT2D eigenvalue weighted by Crippen LogP contribution is 2.28. The van der Waals surface area contributed by atoms with E-state index in [2.05, 4.69) is 9.97 Å². The molecule has 0 radical (unpaired) electrons. The number of amides is 1. The van der Waals surface area contributed by atoms with Gasteiger partial charge in [-0.1, -0.05) is 12.1 Å². The number of aromatic nitrogens is 2. The maximum absolute atomic E-state index is 12.2. The zero-order valence-electron chi connectivity index (χ0n) is 15.0. The van der Waals surface area contributed by atoms with E-state index >= 15 is 0 Å². The van der Waals surface area contributed by atoms with E-state index in [1.807, 2.05) is 45.0 Å². The molecule has 1 aliphatic rings. The lowest BCUT2D eigenvalue weighted by Gasteiger charge is -2.24. The average molecular weight is 345 g/mol. The minimum atomic E-state index is -0.511. The summed E-state index contributed by atoms with van der Waals surface area (Å²) in [6, 6.07) is 7.53. The summed E-state index contributed by atoms with van der Waals surface area (Å²) in [5, 5.41) is 0. The second-order valence-electron chi connectivity index (χ2n) is 6.98. The van der Waals surface area contributed by atoms with Crippen LogP contribution in [0.4, 0.5) is 4.79 Å². The van der Waals surface area contributed by atoms with E-state index in [1.54, 1.807) is 4.90 Å². The zero-order valence-corrected chi connectivity index (χ0v) is 15.0. The molecule has 134 valence electrons. The van der Waals surface area contributed by atoms with Gasteiger partial charge < -0.3 is 19.1 Å². The predicted octanol–water partition coefficient (Wildman–Crippen LogP) is 3.03. The Morgan fingerprint density at radius 3 is 2.40 bits per heavy atom. The summed E-state index contributed by atoms with van der Waals surface area (Å²) >= 11 is 0. The van der Waals surface area contributed by atoms with Crippen molar-refractivity contribution in [2.24, 2.45) is 0 Å². The van der Waals surface area contributed by atoms with Gasteiger partial charge in [0.2, 0.25) is 0 Å². The van der Waals surface area contributed by atoms with Gasteiger partial charge in [-0.05, 0) is 32.9 Å². The van der Waals surface area contributed by atoms with Crippen molar-refractivity contribution in [2.75, 3.05) is 20.2 Å². The Hall–Kier alpha value is -2.57. The van der Waals surface area contributed by atoms with Crippen LogP contribution < -0.4 is 9.47 Å². The van der Waals surface area contributed by atoms with Crippen molar-refractivity contribution < 1.29 is 19.0 Å². The average Bonchev–Trinajstić information content (AvgIpc) is 3.01. The summed E-state index contributed by atoms with van der Waals surface area (Å²) in [6.07, 6.45) is 0.212. The van der Waals surface area contributed by atoms with E-state index in [0.717, 1.165) is 11.0 Å². The third-order valence-corrected chi connectivity index (χ3v) is 3.78. The minimum absolute atomic E-state index is 0.170. The van der Waals surface area contributed by atoms with Gasteiger partial charge in [0.1, 0.15) is 11.7 Å². The summed E-state index contributed by atoms with van der Waals surface area (Å²) < 4.78 is 16.7.